The number of azide groups is 1. The Morgan fingerprint density at radius 1 is 1.75 bits per heavy atom. The summed E-state index contributed by atoms with van der Waals surface area (Å²) in [5.41, 5.74) is 8.51. The van der Waals surface area contributed by atoms with E-state index in [0.29, 0.717) is 12.7 Å². The van der Waals surface area contributed by atoms with Crippen LogP contribution in [0.5, 0.6) is 0 Å². The number of halogens is 1. The number of thioether (sulfide) groups is 1. The Morgan fingerprint density at radius 2 is 2.45 bits per heavy atom. The number of aldehydes is 1. The minimum atomic E-state index is -0.393. The number of hydrogen-bond donors (Lipinski definition) is 2. The fourth-order valence-electron chi connectivity index (χ4n) is 1.80. The summed E-state index contributed by atoms with van der Waals surface area (Å²) in [7, 11) is 1.48. The molecule has 2 N–H and O–H groups in total. The monoisotopic (exact) mass is 363 g/mol. The lowest BCUT2D eigenvalue weighted by Crippen LogP contribution is -2.39. The molecule has 1 aliphatic rings. The van der Waals surface area contributed by atoms with E-state index in [2.05, 4.69) is 31.3 Å². The summed E-state index contributed by atoms with van der Waals surface area (Å²) in [6, 6.07) is -0.782. The zero-order valence-electron chi connectivity index (χ0n) is 10.6. The van der Waals surface area contributed by atoms with Crippen molar-refractivity contribution < 1.29 is 14.7 Å². The van der Waals surface area contributed by atoms with Crippen molar-refractivity contribution >= 4 is 40.0 Å². The second-order valence-electron chi connectivity index (χ2n) is 3.91. The van der Waals surface area contributed by atoms with E-state index >= 15 is 0 Å². The molecule has 1 rings (SSSR count). The summed E-state index contributed by atoms with van der Waals surface area (Å²) < 4.78 is 0.217. The van der Waals surface area contributed by atoms with Crippen LogP contribution in [0, 0.1) is 0 Å². The molecule has 3 atom stereocenters. The largest absolute Gasteiger partial charge is 0.395 e. The Balaban J connectivity index is 2.95. The fourth-order valence-corrected chi connectivity index (χ4v) is 3.46. The number of nitrogens with one attached hydrogen (secondary N) is 1. The minimum Gasteiger partial charge on any atom is -0.395 e. The molecule has 0 bridgehead atoms. The quantitative estimate of drug-likeness (QED) is 0.253. The number of aliphatic hydroxyl groups is 1. The van der Waals surface area contributed by atoms with Crippen molar-refractivity contribution in [3.05, 3.63) is 21.1 Å². The van der Waals surface area contributed by atoms with Crippen LogP contribution in [-0.4, -0.2) is 52.6 Å². The van der Waals surface area contributed by atoms with Gasteiger partial charge in [0.05, 0.1) is 22.5 Å². The number of allylic oxidation sites excluding steroid dienone is 1. The van der Waals surface area contributed by atoms with Gasteiger partial charge in [-0.15, -0.1) is 11.8 Å². The van der Waals surface area contributed by atoms with E-state index in [1.165, 1.54) is 29.9 Å². The Kier molecular flexibility index (Phi) is 6.86. The third-order valence-corrected chi connectivity index (χ3v) is 4.66. The van der Waals surface area contributed by atoms with Gasteiger partial charge in [-0.1, -0.05) is 5.11 Å². The summed E-state index contributed by atoms with van der Waals surface area (Å²) >= 11 is 4.36. The van der Waals surface area contributed by atoms with Gasteiger partial charge in [0.1, 0.15) is 0 Å². The molecule has 20 heavy (non-hydrogen) atoms. The molecule has 0 aromatic heterocycles. The topological polar surface area (TPSA) is 118 Å². The van der Waals surface area contributed by atoms with E-state index in [1.807, 2.05) is 0 Å². The lowest BCUT2D eigenvalue weighted by atomic mass is 10.1. The van der Waals surface area contributed by atoms with Crippen molar-refractivity contribution in [2.75, 3.05) is 13.7 Å². The van der Waals surface area contributed by atoms with E-state index in [4.69, 9.17) is 5.53 Å². The van der Waals surface area contributed by atoms with Gasteiger partial charge in [-0.2, -0.15) is 0 Å². The molecule has 0 radical (unpaired) electrons. The van der Waals surface area contributed by atoms with Crippen LogP contribution in [0.25, 0.3) is 10.4 Å². The van der Waals surface area contributed by atoms with Crippen LogP contribution >= 0.6 is 27.7 Å². The highest BCUT2D eigenvalue weighted by Crippen LogP contribution is 2.38. The average molecular weight is 364 g/mol. The van der Waals surface area contributed by atoms with Crippen molar-refractivity contribution in [1.82, 2.24) is 10.2 Å². The molecule has 1 fully saturated rings. The predicted molar refractivity (Wildman–Crippen MR) is 79.2 cm³/mol. The third-order valence-electron chi connectivity index (χ3n) is 2.72. The van der Waals surface area contributed by atoms with Crippen LogP contribution in [-0.2, 0) is 4.79 Å². The molecule has 1 aliphatic heterocycles. The Bertz CT molecular complexity index is 454. The van der Waals surface area contributed by atoms with E-state index < -0.39 is 6.04 Å². The van der Waals surface area contributed by atoms with Gasteiger partial charge in [0.2, 0.25) is 0 Å². The highest BCUT2D eigenvalue weighted by Gasteiger charge is 2.38. The number of carbonyl (C=O) groups is 2. The zero-order chi connectivity index (χ0) is 15.1. The molecule has 1 heterocycles. The minimum absolute atomic E-state index is 0.148. The number of nitrogens with zero attached hydrogens (tertiary/aromatic N) is 4. The zero-order valence-corrected chi connectivity index (χ0v) is 13.0. The van der Waals surface area contributed by atoms with Crippen LogP contribution in [0.1, 0.15) is 6.42 Å². The van der Waals surface area contributed by atoms with E-state index in [-0.39, 0.29) is 27.7 Å². The van der Waals surface area contributed by atoms with Gasteiger partial charge in [0.15, 0.2) is 6.29 Å². The van der Waals surface area contributed by atoms with Crippen molar-refractivity contribution in [2.24, 2.45) is 5.11 Å². The number of urea groups is 1. The van der Waals surface area contributed by atoms with Crippen molar-refractivity contribution in [3.8, 4) is 0 Å². The van der Waals surface area contributed by atoms with Gasteiger partial charge in [-0.25, -0.2) is 4.79 Å². The number of rotatable bonds is 5. The Hall–Kier alpha value is -1.22. The van der Waals surface area contributed by atoms with Gasteiger partial charge >= 0.3 is 6.03 Å². The first-order valence-corrected chi connectivity index (χ1v) is 7.44. The number of carbonyl (C=O) groups excluding carboxylic acids is 2. The number of amides is 2. The Labute approximate surface area is 128 Å². The maximum Gasteiger partial charge on any atom is 0.322 e. The van der Waals surface area contributed by atoms with Crippen LogP contribution in [0.15, 0.2) is 15.8 Å². The predicted octanol–water partition coefficient (Wildman–Crippen LogP) is 1.57. The maximum atomic E-state index is 11.9. The summed E-state index contributed by atoms with van der Waals surface area (Å²) in [6.45, 7) is -0.148. The standard InChI is InChI=1S/C10H14BrN5O3S/c1-13-10(19)16(3-6(11)4-17)9-2-7(14-15-12)8(5-18)20-9/h3-4,7-9,18H,2,5H2,1H3,(H,13,19)/b6-3+/t7-,8+,9+/m0/s1. The van der Waals surface area contributed by atoms with Crippen molar-refractivity contribution in [3.63, 3.8) is 0 Å². The molecule has 110 valence electrons. The Morgan fingerprint density at radius 3 is 2.95 bits per heavy atom. The molecular formula is C10H14BrN5O3S. The SMILES string of the molecule is CNC(=O)N(/C=C(/Br)C=O)[C@H]1C[C@H](N=[N+]=[N-])[C@@H](CO)S1. The van der Waals surface area contributed by atoms with Crippen molar-refractivity contribution in [1.29, 1.82) is 0 Å². The van der Waals surface area contributed by atoms with Crippen LogP contribution in [0.3, 0.4) is 0 Å². The number of hydrogen-bond acceptors (Lipinski definition) is 5. The van der Waals surface area contributed by atoms with Gasteiger partial charge in [0.25, 0.3) is 0 Å². The van der Waals surface area contributed by atoms with Crippen LogP contribution < -0.4 is 5.32 Å². The molecular weight excluding hydrogens is 350 g/mol. The highest BCUT2D eigenvalue weighted by atomic mass is 79.9. The smallest absolute Gasteiger partial charge is 0.322 e. The highest BCUT2D eigenvalue weighted by molar-refractivity contribution is 9.12. The van der Waals surface area contributed by atoms with E-state index in [0.717, 1.165) is 0 Å². The second kappa shape index (κ2) is 8.15. The normalized spacial score (nSPS) is 25.8. The lowest BCUT2D eigenvalue weighted by Gasteiger charge is -2.24. The molecule has 0 aromatic carbocycles. The first-order chi connectivity index (χ1) is 9.57. The molecule has 0 aromatic rings. The molecule has 8 nitrogen and oxygen atoms in total. The van der Waals surface area contributed by atoms with Crippen LogP contribution in [0.2, 0.25) is 0 Å². The second-order valence-corrected chi connectivity index (χ2v) is 6.25. The lowest BCUT2D eigenvalue weighted by molar-refractivity contribution is -0.104. The maximum absolute atomic E-state index is 11.9. The van der Waals surface area contributed by atoms with Crippen LogP contribution in [0.4, 0.5) is 4.79 Å². The average Bonchev–Trinajstić information content (AvgIpc) is 2.86. The van der Waals surface area contributed by atoms with Gasteiger partial charge < -0.3 is 10.4 Å². The first-order valence-electron chi connectivity index (χ1n) is 5.70. The molecule has 0 unspecified atom stereocenters. The number of aliphatic hydroxyl groups excluding tert-OH is 1. The first kappa shape index (κ1) is 16.8. The summed E-state index contributed by atoms with van der Waals surface area (Å²) in [5.74, 6) is 0. The van der Waals surface area contributed by atoms with Gasteiger partial charge in [-0.3, -0.25) is 9.69 Å². The summed E-state index contributed by atoms with van der Waals surface area (Å²) in [4.78, 5) is 26.6. The molecule has 0 saturated carbocycles. The molecule has 2 amide bonds. The molecule has 0 aliphatic carbocycles. The summed E-state index contributed by atoms with van der Waals surface area (Å²) in [5, 5.41) is 14.8. The fraction of sp³-hybridized carbons (Fsp3) is 0.600. The molecule has 10 heteroatoms. The molecule has 0 spiro atoms. The van der Waals surface area contributed by atoms with E-state index in [9.17, 15) is 14.7 Å². The third kappa shape index (κ3) is 4.14. The van der Waals surface area contributed by atoms with Gasteiger partial charge in [0, 0.05) is 23.4 Å². The van der Waals surface area contributed by atoms with E-state index in [1.54, 1.807) is 0 Å². The van der Waals surface area contributed by atoms with Gasteiger partial charge in [-0.05, 0) is 27.9 Å². The molecule has 1 saturated heterocycles. The van der Waals surface area contributed by atoms with Crippen molar-refractivity contribution in [2.45, 2.75) is 23.1 Å². The summed E-state index contributed by atoms with van der Waals surface area (Å²) in [6.07, 6.45) is 2.35.